The van der Waals surface area contributed by atoms with Crippen molar-refractivity contribution in [1.82, 2.24) is 4.98 Å². The van der Waals surface area contributed by atoms with Crippen LogP contribution in [-0.2, 0) is 0 Å². The number of amides is 1. The number of hydrogen-bond donors (Lipinski definition) is 2. The first kappa shape index (κ1) is 12.8. The summed E-state index contributed by atoms with van der Waals surface area (Å²) < 4.78 is -0.168. The highest BCUT2D eigenvalue weighted by molar-refractivity contribution is 14.1. The molecule has 6 nitrogen and oxygen atoms in total. The maximum atomic E-state index is 10.7. The largest absolute Gasteiger partial charge is 0.368 e. The van der Waals surface area contributed by atoms with Crippen LogP contribution in [0, 0.1) is 4.91 Å². The number of aromatic nitrogens is 1. The number of carbonyl (C=O) groups excluding carboxylic acids is 1. The summed E-state index contributed by atoms with van der Waals surface area (Å²) in [6.45, 7) is 2.15. The molecule has 0 saturated heterocycles. The van der Waals surface area contributed by atoms with Crippen molar-refractivity contribution in [2.24, 2.45) is 5.18 Å². The first-order valence-electron chi connectivity index (χ1n) is 4.60. The zero-order valence-corrected chi connectivity index (χ0v) is 10.8. The number of rotatable bonds is 5. The van der Waals surface area contributed by atoms with E-state index in [1.807, 2.05) is 0 Å². The highest BCUT2D eigenvalue weighted by Crippen LogP contribution is 2.10. The molecular formula is C9H11IN4O2. The van der Waals surface area contributed by atoms with Crippen LogP contribution >= 0.6 is 22.6 Å². The third kappa shape index (κ3) is 4.51. The minimum atomic E-state index is -0.296. The number of nitroso groups, excluding NO2 is 1. The maximum absolute atomic E-state index is 10.7. The van der Waals surface area contributed by atoms with E-state index >= 15 is 0 Å². The molecule has 1 unspecified atom stereocenters. The van der Waals surface area contributed by atoms with E-state index in [-0.39, 0.29) is 9.96 Å². The summed E-state index contributed by atoms with van der Waals surface area (Å²) >= 11 is 1.64. The van der Waals surface area contributed by atoms with E-state index in [4.69, 9.17) is 0 Å². The highest BCUT2D eigenvalue weighted by atomic mass is 127. The predicted molar refractivity (Wildman–Crippen MR) is 71.0 cm³/mol. The molecule has 0 aliphatic heterocycles. The van der Waals surface area contributed by atoms with Crippen molar-refractivity contribution in [1.29, 1.82) is 0 Å². The van der Waals surface area contributed by atoms with Gasteiger partial charge in [0.1, 0.15) is 11.9 Å². The van der Waals surface area contributed by atoms with Crippen molar-refractivity contribution < 1.29 is 4.79 Å². The summed E-state index contributed by atoms with van der Waals surface area (Å²) in [5.74, 6) is 0.641. The molecule has 0 spiro atoms. The van der Waals surface area contributed by atoms with Gasteiger partial charge in [-0.2, -0.15) is 4.91 Å². The van der Waals surface area contributed by atoms with Gasteiger partial charge < -0.3 is 10.6 Å². The summed E-state index contributed by atoms with van der Waals surface area (Å²) in [6, 6.07) is 3.15. The van der Waals surface area contributed by atoms with E-state index in [9.17, 15) is 9.70 Å². The van der Waals surface area contributed by atoms with E-state index in [1.54, 1.807) is 41.6 Å². The van der Waals surface area contributed by atoms with E-state index in [2.05, 4.69) is 20.8 Å². The Morgan fingerprint density at radius 2 is 2.38 bits per heavy atom. The third-order valence-electron chi connectivity index (χ3n) is 1.76. The van der Waals surface area contributed by atoms with Crippen molar-refractivity contribution in [3.8, 4) is 0 Å². The second-order valence-electron chi connectivity index (χ2n) is 3.17. The van der Waals surface area contributed by atoms with Crippen molar-refractivity contribution >= 4 is 38.0 Å². The molecule has 1 heterocycles. The van der Waals surface area contributed by atoms with Gasteiger partial charge in [0, 0.05) is 29.1 Å². The Bertz CT molecular complexity index is 368. The van der Waals surface area contributed by atoms with Gasteiger partial charge >= 0.3 is 0 Å². The van der Waals surface area contributed by atoms with E-state index in [0.29, 0.717) is 18.1 Å². The van der Waals surface area contributed by atoms with Gasteiger partial charge in [-0.3, -0.25) is 4.79 Å². The number of pyridine rings is 1. The molecule has 1 atom stereocenters. The summed E-state index contributed by atoms with van der Waals surface area (Å²) in [6.07, 6.45) is 1.54. The molecule has 1 amide bonds. The molecule has 0 radical (unpaired) electrons. The van der Waals surface area contributed by atoms with Crippen LogP contribution in [0.3, 0.4) is 0 Å². The zero-order valence-electron chi connectivity index (χ0n) is 8.61. The van der Waals surface area contributed by atoms with Crippen LogP contribution in [0.15, 0.2) is 23.5 Å². The van der Waals surface area contributed by atoms with Gasteiger partial charge in [-0.15, -0.1) is 0 Å². The molecule has 0 saturated carbocycles. The first-order chi connectivity index (χ1) is 7.61. The summed E-state index contributed by atoms with van der Waals surface area (Å²) in [4.78, 5) is 24.9. The van der Waals surface area contributed by atoms with Crippen LogP contribution < -0.4 is 10.6 Å². The maximum Gasteiger partial charge on any atom is 0.285 e. The average Bonchev–Trinajstić information content (AvgIpc) is 2.27. The molecule has 2 N–H and O–H groups in total. The molecule has 0 aliphatic rings. The molecule has 1 aromatic rings. The van der Waals surface area contributed by atoms with Crippen LogP contribution in [-0.4, -0.2) is 21.5 Å². The van der Waals surface area contributed by atoms with Crippen LogP contribution in [0.2, 0.25) is 0 Å². The second-order valence-corrected chi connectivity index (χ2v) is 4.15. The normalized spacial score (nSPS) is 11.6. The molecular weight excluding hydrogens is 323 g/mol. The average molecular weight is 334 g/mol. The number of anilines is 2. The number of hydrogen-bond acceptors (Lipinski definition) is 5. The molecule has 1 aromatic heterocycles. The molecule has 0 aliphatic carbocycles. The second kappa shape index (κ2) is 6.36. The monoisotopic (exact) mass is 334 g/mol. The fourth-order valence-corrected chi connectivity index (χ4v) is 1.29. The number of nitrogens with one attached hydrogen (secondary N) is 2. The lowest BCUT2D eigenvalue weighted by Gasteiger charge is -2.07. The van der Waals surface area contributed by atoms with Crippen molar-refractivity contribution in [3.63, 3.8) is 0 Å². The molecule has 0 fully saturated rings. The lowest BCUT2D eigenvalue weighted by Crippen LogP contribution is -2.14. The van der Waals surface area contributed by atoms with Crippen molar-refractivity contribution in [2.75, 3.05) is 17.2 Å². The topological polar surface area (TPSA) is 83.4 Å². The molecule has 1 rings (SSSR count). The lowest BCUT2D eigenvalue weighted by atomic mass is 10.3. The van der Waals surface area contributed by atoms with Crippen LogP contribution in [0.4, 0.5) is 16.3 Å². The Balaban J connectivity index is 2.51. The van der Waals surface area contributed by atoms with E-state index < -0.39 is 0 Å². The van der Waals surface area contributed by atoms with Crippen LogP contribution in [0.5, 0.6) is 0 Å². The van der Waals surface area contributed by atoms with E-state index in [0.717, 1.165) is 0 Å². The molecule has 7 heteroatoms. The summed E-state index contributed by atoms with van der Waals surface area (Å²) in [5.41, 5.74) is 0.631. The fraction of sp³-hybridized carbons (Fsp3) is 0.333. The van der Waals surface area contributed by atoms with Crippen LogP contribution in [0.1, 0.15) is 6.92 Å². The van der Waals surface area contributed by atoms with Gasteiger partial charge in [-0.1, -0.05) is 5.18 Å². The van der Waals surface area contributed by atoms with E-state index in [1.165, 1.54) is 6.20 Å². The van der Waals surface area contributed by atoms with Gasteiger partial charge in [0.15, 0.2) is 0 Å². The first-order valence-corrected chi connectivity index (χ1v) is 5.68. The quantitative estimate of drug-likeness (QED) is 0.375. The standard InChI is InChI=1S/C9H11IN4O2/c1-6(14-16)4-11-8-3-2-7(5-12-8)13-9(10)15/h2-3,5-6H,4H2,1H3,(H,11,12)(H,13,15). The number of nitrogens with zero attached hydrogens (tertiary/aromatic N) is 2. The van der Waals surface area contributed by atoms with Gasteiger partial charge in [-0.25, -0.2) is 4.98 Å². The van der Waals surface area contributed by atoms with Gasteiger partial charge in [0.25, 0.3) is 3.91 Å². The van der Waals surface area contributed by atoms with Crippen LogP contribution in [0.25, 0.3) is 0 Å². The SMILES string of the molecule is CC(CNc1ccc(NC(=O)I)cn1)N=O. The molecule has 86 valence electrons. The predicted octanol–water partition coefficient (Wildman–Crippen LogP) is 2.62. The Kier molecular flexibility index (Phi) is 5.09. The highest BCUT2D eigenvalue weighted by Gasteiger charge is 2.01. The number of halogens is 1. The minimum Gasteiger partial charge on any atom is -0.368 e. The van der Waals surface area contributed by atoms with Gasteiger partial charge in [0.05, 0.1) is 11.9 Å². The Labute approximate surface area is 106 Å². The van der Waals surface area contributed by atoms with Crippen molar-refractivity contribution in [3.05, 3.63) is 23.2 Å². The van der Waals surface area contributed by atoms with Gasteiger partial charge in [0.2, 0.25) is 0 Å². The molecule has 16 heavy (non-hydrogen) atoms. The molecule has 0 aromatic carbocycles. The molecule has 0 bridgehead atoms. The fourth-order valence-electron chi connectivity index (χ4n) is 0.975. The number of carbonyl (C=O) groups is 1. The smallest absolute Gasteiger partial charge is 0.285 e. The Hall–Kier alpha value is -1.25. The minimum absolute atomic E-state index is 0.168. The Morgan fingerprint density at radius 3 is 2.88 bits per heavy atom. The lowest BCUT2D eigenvalue weighted by molar-refractivity contribution is 0.272. The summed E-state index contributed by atoms with van der Waals surface area (Å²) in [7, 11) is 0. The van der Waals surface area contributed by atoms with Crippen molar-refractivity contribution in [2.45, 2.75) is 13.0 Å². The zero-order chi connectivity index (χ0) is 12.0. The summed E-state index contributed by atoms with van der Waals surface area (Å²) in [5, 5.41) is 8.42. The Morgan fingerprint density at radius 1 is 1.62 bits per heavy atom. The third-order valence-corrected chi connectivity index (χ3v) is 2.03. The van der Waals surface area contributed by atoms with Gasteiger partial charge in [-0.05, 0) is 19.1 Å².